The van der Waals surface area contributed by atoms with Crippen LogP contribution in [-0.2, 0) is 9.47 Å². The molecule has 1 N–H and O–H groups in total. The zero-order valence-corrected chi connectivity index (χ0v) is 16.6. The molecule has 0 aliphatic carbocycles. The Hall–Kier alpha value is -2.24. The topological polar surface area (TPSA) is 52.7 Å². The highest BCUT2D eigenvalue weighted by Gasteiger charge is 2.07. The predicted octanol–water partition coefficient (Wildman–Crippen LogP) is 4.93. The number of benzene rings is 2. The molecule has 0 atom stereocenters. The first-order chi connectivity index (χ1) is 13.0. The Labute approximate surface area is 160 Å². The van der Waals surface area contributed by atoms with Crippen molar-refractivity contribution in [2.75, 3.05) is 26.4 Å². The van der Waals surface area contributed by atoms with E-state index in [2.05, 4.69) is 17.1 Å². The van der Waals surface area contributed by atoms with Gasteiger partial charge in [0, 0.05) is 22.9 Å². The second-order valence-electron chi connectivity index (χ2n) is 7.08. The number of fused-ring (bicyclic) bond motifs is 3. The van der Waals surface area contributed by atoms with Crippen molar-refractivity contribution in [2.24, 2.45) is 0 Å². The molecule has 1 aromatic heterocycles. The van der Waals surface area contributed by atoms with E-state index in [1.165, 1.54) is 10.8 Å². The Bertz CT molecular complexity index is 799. The van der Waals surface area contributed by atoms with Crippen molar-refractivity contribution in [1.29, 1.82) is 0 Å². The number of aromatic nitrogens is 1. The van der Waals surface area contributed by atoms with Crippen LogP contribution in [0.4, 0.5) is 0 Å². The summed E-state index contributed by atoms with van der Waals surface area (Å²) in [6, 6.07) is 12.2. The van der Waals surface area contributed by atoms with Crippen LogP contribution in [0.3, 0.4) is 0 Å². The quantitative estimate of drug-likeness (QED) is 0.514. The van der Waals surface area contributed by atoms with E-state index in [0.29, 0.717) is 26.4 Å². The molecule has 0 amide bonds. The summed E-state index contributed by atoms with van der Waals surface area (Å²) in [5.74, 6) is 1.67. The minimum atomic E-state index is 0.220. The fraction of sp³-hybridized carbons (Fsp3) is 0.455. The van der Waals surface area contributed by atoms with Gasteiger partial charge in [0.25, 0.3) is 0 Å². The molecule has 0 radical (unpaired) electrons. The monoisotopic (exact) mass is 371 g/mol. The van der Waals surface area contributed by atoms with E-state index in [9.17, 15) is 0 Å². The molecule has 1 heterocycles. The van der Waals surface area contributed by atoms with Gasteiger partial charge in [0.15, 0.2) is 0 Å². The summed E-state index contributed by atoms with van der Waals surface area (Å²) < 4.78 is 22.6. The molecule has 0 fully saturated rings. The number of ether oxygens (including phenoxy) is 4. The van der Waals surface area contributed by atoms with Crippen LogP contribution in [-0.4, -0.2) is 43.6 Å². The van der Waals surface area contributed by atoms with E-state index >= 15 is 0 Å². The van der Waals surface area contributed by atoms with Gasteiger partial charge in [-0.3, -0.25) is 0 Å². The number of H-pyrrole nitrogens is 1. The van der Waals surface area contributed by atoms with Crippen LogP contribution in [0, 0.1) is 0 Å². The van der Waals surface area contributed by atoms with Gasteiger partial charge in [-0.1, -0.05) is 0 Å². The zero-order chi connectivity index (χ0) is 19.2. The molecule has 146 valence electrons. The van der Waals surface area contributed by atoms with Gasteiger partial charge in [-0.2, -0.15) is 0 Å². The molecule has 0 saturated carbocycles. The highest BCUT2D eigenvalue weighted by Crippen LogP contribution is 2.30. The van der Waals surface area contributed by atoms with Crippen LogP contribution in [0.15, 0.2) is 36.4 Å². The normalized spacial score (nSPS) is 11.8. The molecule has 27 heavy (non-hydrogen) atoms. The number of rotatable bonds is 10. The van der Waals surface area contributed by atoms with Crippen molar-refractivity contribution in [3.05, 3.63) is 36.4 Å². The van der Waals surface area contributed by atoms with Crippen LogP contribution in [0.2, 0.25) is 0 Å². The van der Waals surface area contributed by atoms with E-state index in [1.54, 1.807) is 0 Å². The van der Waals surface area contributed by atoms with Crippen LogP contribution in [0.25, 0.3) is 21.8 Å². The number of hydrogen-bond acceptors (Lipinski definition) is 4. The molecular weight excluding hydrogens is 342 g/mol. The number of aromatic amines is 1. The highest BCUT2D eigenvalue weighted by atomic mass is 16.5. The zero-order valence-electron chi connectivity index (χ0n) is 16.6. The first kappa shape index (κ1) is 19.5. The lowest BCUT2D eigenvalue weighted by Gasteiger charge is -2.09. The lowest BCUT2D eigenvalue weighted by atomic mass is 10.1. The average Bonchev–Trinajstić information content (AvgIpc) is 2.99. The van der Waals surface area contributed by atoms with Gasteiger partial charge >= 0.3 is 0 Å². The smallest absolute Gasteiger partial charge is 0.121 e. The van der Waals surface area contributed by atoms with Crippen molar-refractivity contribution in [2.45, 2.75) is 39.9 Å². The SMILES string of the molecule is CC(C)OCCOc1ccc2c(c1)[nH]c1cc(OCCOC(C)C)ccc12. The van der Waals surface area contributed by atoms with Crippen molar-refractivity contribution >= 4 is 21.8 Å². The standard InChI is InChI=1S/C22H29NO4/c1-15(2)24-9-11-26-17-5-7-19-20-8-6-18(27-12-10-25-16(3)4)14-22(20)23-21(19)13-17/h5-8,13-16,23H,9-12H2,1-4H3. The lowest BCUT2D eigenvalue weighted by Crippen LogP contribution is -2.11. The summed E-state index contributed by atoms with van der Waals surface area (Å²) in [4.78, 5) is 3.45. The van der Waals surface area contributed by atoms with Crippen LogP contribution in [0.5, 0.6) is 11.5 Å². The van der Waals surface area contributed by atoms with Crippen molar-refractivity contribution in [3.63, 3.8) is 0 Å². The minimum absolute atomic E-state index is 0.220. The number of hydrogen-bond donors (Lipinski definition) is 1. The summed E-state index contributed by atoms with van der Waals surface area (Å²) in [5, 5.41) is 2.34. The number of nitrogens with one attached hydrogen (secondary N) is 1. The van der Waals surface area contributed by atoms with E-state index in [1.807, 2.05) is 52.0 Å². The second kappa shape index (κ2) is 9.11. The Morgan fingerprint density at radius 2 is 1.11 bits per heavy atom. The molecular formula is C22H29NO4. The Kier molecular flexibility index (Phi) is 6.58. The first-order valence-corrected chi connectivity index (χ1v) is 9.57. The molecule has 0 aliphatic rings. The lowest BCUT2D eigenvalue weighted by molar-refractivity contribution is 0.0552. The summed E-state index contributed by atoms with van der Waals surface area (Å²) >= 11 is 0. The summed E-state index contributed by atoms with van der Waals surface area (Å²) in [6.07, 6.45) is 0.441. The fourth-order valence-electron chi connectivity index (χ4n) is 2.93. The van der Waals surface area contributed by atoms with E-state index in [4.69, 9.17) is 18.9 Å². The van der Waals surface area contributed by atoms with Crippen LogP contribution in [0.1, 0.15) is 27.7 Å². The van der Waals surface area contributed by atoms with Crippen molar-refractivity contribution in [1.82, 2.24) is 4.98 Å². The minimum Gasteiger partial charge on any atom is -0.491 e. The second-order valence-corrected chi connectivity index (χ2v) is 7.08. The molecule has 3 rings (SSSR count). The molecule has 5 nitrogen and oxygen atoms in total. The Balaban J connectivity index is 1.67. The van der Waals surface area contributed by atoms with E-state index < -0.39 is 0 Å². The maximum Gasteiger partial charge on any atom is 0.121 e. The summed E-state index contributed by atoms with van der Waals surface area (Å²) in [6.45, 7) is 10.3. The molecule has 0 spiro atoms. The third kappa shape index (κ3) is 5.37. The third-order valence-corrected chi connectivity index (χ3v) is 4.15. The van der Waals surface area contributed by atoms with Crippen molar-refractivity contribution in [3.8, 4) is 11.5 Å². The maximum absolute atomic E-state index is 5.79. The average molecular weight is 371 g/mol. The Morgan fingerprint density at radius 1 is 0.667 bits per heavy atom. The van der Waals surface area contributed by atoms with E-state index in [-0.39, 0.29) is 12.2 Å². The molecule has 3 aromatic rings. The molecule has 2 aromatic carbocycles. The molecule has 5 heteroatoms. The largest absolute Gasteiger partial charge is 0.491 e. The van der Waals surface area contributed by atoms with E-state index in [0.717, 1.165) is 22.5 Å². The Morgan fingerprint density at radius 3 is 1.52 bits per heavy atom. The molecule has 0 saturated heterocycles. The predicted molar refractivity (Wildman–Crippen MR) is 109 cm³/mol. The van der Waals surface area contributed by atoms with Crippen molar-refractivity contribution < 1.29 is 18.9 Å². The summed E-state index contributed by atoms with van der Waals surface area (Å²) in [5.41, 5.74) is 2.10. The molecule has 0 bridgehead atoms. The van der Waals surface area contributed by atoms with Crippen LogP contribution < -0.4 is 9.47 Å². The van der Waals surface area contributed by atoms with Gasteiger partial charge in [-0.05, 0) is 52.0 Å². The van der Waals surface area contributed by atoms with Gasteiger partial charge in [0.05, 0.1) is 36.5 Å². The maximum atomic E-state index is 5.79. The summed E-state index contributed by atoms with van der Waals surface area (Å²) in [7, 11) is 0. The van der Waals surface area contributed by atoms with Gasteiger partial charge in [-0.25, -0.2) is 0 Å². The molecule has 0 aliphatic heterocycles. The van der Waals surface area contributed by atoms with Gasteiger partial charge in [-0.15, -0.1) is 0 Å². The first-order valence-electron chi connectivity index (χ1n) is 9.57. The van der Waals surface area contributed by atoms with Gasteiger partial charge in [0.2, 0.25) is 0 Å². The third-order valence-electron chi connectivity index (χ3n) is 4.15. The fourth-order valence-corrected chi connectivity index (χ4v) is 2.93. The van der Waals surface area contributed by atoms with Gasteiger partial charge < -0.3 is 23.9 Å². The van der Waals surface area contributed by atoms with Gasteiger partial charge in [0.1, 0.15) is 24.7 Å². The van der Waals surface area contributed by atoms with Crippen LogP contribution >= 0.6 is 0 Å². The highest BCUT2D eigenvalue weighted by molar-refractivity contribution is 6.07. The molecule has 0 unspecified atom stereocenters.